The Labute approximate surface area is 437 Å². The minimum atomic E-state index is -4.56. The fourth-order valence-corrected chi connectivity index (χ4v) is 7.92. The van der Waals surface area contributed by atoms with Crippen molar-refractivity contribution in [1.82, 2.24) is 0 Å². The molecule has 0 aliphatic heterocycles. The number of phosphoric acid groups is 1. The van der Waals surface area contributed by atoms with E-state index in [9.17, 15) is 14.3 Å². The normalized spacial score (nSPS) is 14.4. The average molecular weight is 1010 g/mol. The molecule has 0 aliphatic rings. The van der Waals surface area contributed by atoms with Gasteiger partial charge in [-0.1, -0.05) is 219 Å². The van der Waals surface area contributed by atoms with Gasteiger partial charge in [-0.25, -0.2) is 0 Å². The van der Waals surface area contributed by atoms with Crippen molar-refractivity contribution in [3.05, 3.63) is 122 Å². The zero-order valence-corrected chi connectivity index (χ0v) is 47.0. The fourth-order valence-electron chi connectivity index (χ4n) is 7.19. The van der Waals surface area contributed by atoms with Crippen molar-refractivity contribution in [3.63, 3.8) is 0 Å². The zero-order valence-electron chi connectivity index (χ0n) is 46.1. The molecule has 0 fully saturated rings. The van der Waals surface area contributed by atoms with Crippen LogP contribution in [0.1, 0.15) is 206 Å². The van der Waals surface area contributed by atoms with E-state index in [1.807, 2.05) is 21.1 Å². The number of unbranched alkanes of at least 4 members (excludes halogenated alkanes) is 17. The number of rotatable bonds is 51. The summed E-state index contributed by atoms with van der Waals surface area (Å²) < 4.78 is 34.7. The number of allylic oxidation sites excluding steroid dienone is 20. The van der Waals surface area contributed by atoms with Gasteiger partial charge in [-0.2, -0.15) is 0 Å². The molecule has 0 spiro atoms. The predicted molar refractivity (Wildman–Crippen MR) is 304 cm³/mol. The van der Waals surface area contributed by atoms with Crippen molar-refractivity contribution < 1.29 is 37.3 Å². The van der Waals surface area contributed by atoms with Crippen molar-refractivity contribution in [1.29, 1.82) is 0 Å². The number of quaternary nitrogens is 1. The molecule has 0 bridgehead atoms. The largest absolute Gasteiger partial charge is 0.756 e. The molecular weight excluding hydrogens is 902 g/mol. The molecule has 0 saturated carbocycles. The maximum Gasteiger partial charge on any atom is 0.306 e. The smallest absolute Gasteiger partial charge is 0.306 e. The molecule has 2 unspecified atom stereocenters. The lowest BCUT2D eigenvalue weighted by Gasteiger charge is -2.28. The van der Waals surface area contributed by atoms with E-state index in [4.69, 9.17) is 18.5 Å². The van der Waals surface area contributed by atoms with Crippen LogP contribution in [-0.4, -0.2) is 70.7 Å². The van der Waals surface area contributed by atoms with Crippen molar-refractivity contribution in [2.75, 3.05) is 54.1 Å². The Morgan fingerprint density at radius 3 is 1.23 bits per heavy atom. The molecule has 2 atom stereocenters. The van der Waals surface area contributed by atoms with Crippen LogP contribution < -0.4 is 4.89 Å². The van der Waals surface area contributed by atoms with Crippen molar-refractivity contribution in [3.8, 4) is 0 Å². The molecule has 0 N–H and O–H groups in total. The van der Waals surface area contributed by atoms with Gasteiger partial charge in [0, 0.05) is 13.0 Å². The van der Waals surface area contributed by atoms with Crippen LogP contribution in [0.15, 0.2) is 122 Å². The van der Waals surface area contributed by atoms with Gasteiger partial charge in [0.15, 0.2) is 0 Å². The Balaban J connectivity index is 4.22. The van der Waals surface area contributed by atoms with Crippen molar-refractivity contribution in [2.45, 2.75) is 213 Å². The maximum absolute atomic E-state index is 12.8. The Morgan fingerprint density at radius 1 is 0.451 bits per heavy atom. The quantitative estimate of drug-likeness (QED) is 0.0197. The minimum Gasteiger partial charge on any atom is -0.756 e. The molecule has 8 nitrogen and oxygen atoms in total. The number of esters is 1. The average Bonchev–Trinajstić information content (AvgIpc) is 3.33. The number of ether oxygens (including phenoxy) is 2. The molecule has 406 valence electrons. The first-order chi connectivity index (χ1) is 34.6. The van der Waals surface area contributed by atoms with Crippen LogP contribution in [0.4, 0.5) is 0 Å². The second kappa shape index (κ2) is 53.2. The Hall–Kier alpha value is -3.10. The molecule has 0 aromatic rings. The summed E-state index contributed by atoms with van der Waals surface area (Å²) in [5.41, 5.74) is 0. The van der Waals surface area contributed by atoms with Crippen LogP contribution in [0.2, 0.25) is 0 Å². The highest BCUT2D eigenvalue weighted by Crippen LogP contribution is 2.38. The Kier molecular flexibility index (Phi) is 50.9. The highest BCUT2D eigenvalue weighted by molar-refractivity contribution is 7.45. The van der Waals surface area contributed by atoms with Gasteiger partial charge >= 0.3 is 5.97 Å². The second-order valence-corrected chi connectivity index (χ2v) is 21.0. The summed E-state index contributed by atoms with van der Waals surface area (Å²) in [6.07, 6.45) is 76.7. The fraction of sp³-hybridized carbons (Fsp3) is 0.661. The first kappa shape index (κ1) is 67.9. The van der Waals surface area contributed by atoms with Gasteiger partial charge in [0.1, 0.15) is 19.3 Å². The van der Waals surface area contributed by atoms with E-state index in [0.717, 1.165) is 77.0 Å². The first-order valence-corrected chi connectivity index (χ1v) is 29.7. The molecule has 0 rings (SSSR count). The SMILES string of the molecule is CC/C=C\C/C=C\C/C=C\C/C=C\C/C=C\C/C=C\C/C=C\CCCC(=O)OC(COCCCCCCCCCCCCC/C=C\C/C=C\C/C=C\CCCCCCC)COP(=O)([O-])OCC[N+](C)(C)C. The Bertz CT molecular complexity index is 1550. The summed E-state index contributed by atoms with van der Waals surface area (Å²) in [7, 11) is 1.30. The number of carbonyl (C=O) groups excluding carboxylic acids is 1. The third kappa shape index (κ3) is 57.7. The van der Waals surface area contributed by atoms with E-state index in [0.29, 0.717) is 24.1 Å². The second-order valence-electron chi connectivity index (χ2n) is 19.6. The van der Waals surface area contributed by atoms with Crippen molar-refractivity contribution in [2.24, 2.45) is 0 Å². The topological polar surface area (TPSA) is 94.1 Å². The summed E-state index contributed by atoms with van der Waals surface area (Å²) in [6, 6.07) is 0. The standard InChI is InChI=1S/C62H106NO7P/c1-6-8-10-12-14-16-18-20-22-24-26-28-30-31-32-34-36-38-40-42-44-46-48-50-52-54-57-67-59-61(60-69-71(65,66)68-58-56-63(3,4)5)70-62(64)55-53-51-49-47-45-43-41-39-37-35-33-29-27-25-23-21-19-17-15-13-11-9-7-2/h9,11,15,17-18,20-21,23-24,26-27,29-31,35,37,41,43,47,49,61H,6-8,10,12-14,16,19,22,25,28,32-34,36,38-40,42,44-46,48,50-60H2,1-5H3/b11-9-,17-15-,20-18-,23-21-,26-24-,29-27-,31-30-,37-35-,43-41-,49-47-. The Morgan fingerprint density at radius 2 is 0.817 bits per heavy atom. The van der Waals surface area contributed by atoms with E-state index >= 15 is 0 Å². The van der Waals surface area contributed by atoms with Gasteiger partial charge in [0.2, 0.25) is 0 Å². The summed E-state index contributed by atoms with van der Waals surface area (Å²) >= 11 is 0. The van der Waals surface area contributed by atoms with Crippen LogP contribution in [0.5, 0.6) is 0 Å². The first-order valence-electron chi connectivity index (χ1n) is 28.3. The predicted octanol–water partition coefficient (Wildman–Crippen LogP) is 17.4. The van der Waals surface area contributed by atoms with E-state index in [1.54, 1.807) is 0 Å². The van der Waals surface area contributed by atoms with Crippen LogP contribution >= 0.6 is 7.82 Å². The zero-order chi connectivity index (χ0) is 51.9. The lowest BCUT2D eigenvalue weighted by Crippen LogP contribution is -2.37. The number of carbonyl (C=O) groups is 1. The third-order valence-electron chi connectivity index (χ3n) is 11.5. The van der Waals surface area contributed by atoms with E-state index in [-0.39, 0.29) is 26.2 Å². The number of nitrogens with zero attached hydrogens (tertiary/aromatic N) is 1. The monoisotopic (exact) mass is 1010 g/mol. The highest BCUT2D eigenvalue weighted by atomic mass is 31.2. The van der Waals surface area contributed by atoms with Crippen LogP contribution in [-0.2, 0) is 27.9 Å². The number of hydrogen-bond acceptors (Lipinski definition) is 7. The molecule has 0 aliphatic carbocycles. The minimum absolute atomic E-state index is 0.00760. The number of likely N-dealkylation sites (N-methyl/N-ethyl adjacent to an activating group) is 1. The molecule has 0 aromatic heterocycles. The van der Waals surface area contributed by atoms with Gasteiger partial charge < -0.3 is 27.9 Å². The van der Waals surface area contributed by atoms with Gasteiger partial charge in [-0.3, -0.25) is 9.36 Å². The molecule has 0 saturated heterocycles. The third-order valence-corrected chi connectivity index (χ3v) is 12.5. The highest BCUT2D eigenvalue weighted by Gasteiger charge is 2.20. The number of phosphoric ester groups is 1. The van der Waals surface area contributed by atoms with E-state index in [2.05, 4.69) is 135 Å². The van der Waals surface area contributed by atoms with Gasteiger partial charge in [-0.15, -0.1) is 0 Å². The van der Waals surface area contributed by atoms with Crippen LogP contribution in [0, 0.1) is 0 Å². The van der Waals surface area contributed by atoms with Crippen LogP contribution in [0.25, 0.3) is 0 Å². The van der Waals surface area contributed by atoms with Crippen LogP contribution in [0.3, 0.4) is 0 Å². The molecule has 0 heterocycles. The molecule has 71 heavy (non-hydrogen) atoms. The van der Waals surface area contributed by atoms with E-state index in [1.165, 1.54) is 103 Å². The summed E-state index contributed by atoms with van der Waals surface area (Å²) in [5.74, 6) is -0.396. The molecule has 9 heteroatoms. The van der Waals surface area contributed by atoms with Gasteiger partial charge in [0.05, 0.1) is 34.4 Å². The lowest BCUT2D eigenvalue weighted by molar-refractivity contribution is -0.870. The molecule has 0 amide bonds. The van der Waals surface area contributed by atoms with Gasteiger partial charge in [-0.05, 0) is 103 Å². The number of hydrogen-bond donors (Lipinski definition) is 0. The molecule has 0 radical (unpaired) electrons. The summed E-state index contributed by atoms with van der Waals surface area (Å²) in [4.78, 5) is 25.2. The molecular formula is C62H106NO7P. The lowest BCUT2D eigenvalue weighted by atomic mass is 10.1. The van der Waals surface area contributed by atoms with E-state index < -0.39 is 19.9 Å². The summed E-state index contributed by atoms with van der Waals surface area (Å²) in [6.45, 7) is 5.18. The summed E-state index contributed by atoms with van der Waals surface area (Å²) in [5, 5.41) is 0. The maximum atomic E-state index is 12.8. The van der Waals surface area contributed by atoms with Gasteiger partial charge in [0.25, 0.3) is 7.82 Å². The molecule has 0 aromatic carbocycles. The van der Waals surface area contributed by atoms with Crippen molar-refractivity contribution >= 4 is 13.8 Å².